The molecular formula is C18H23FN4O2. The summed E-state index contributed by atoms with van der Waals surface area (Å²) in [6.07, 6.45) is 2.54. The van der Waals surface area contributed by atoms with Crippen molar-refractivity contribution in [3.8, 4) is 0 Å². The van der Waals surface area contributed by atoms with Gasteiger partial charge >= 0.3 is 0 Å². The molecule has 134 valence electrons. The van der Waals surface area contributed by atoms with E-state index in [9.17, 15) is 9.18 Å². The summed E-state index contributed by atoms with van der Waals surface area (Å²) in [5, 5.41) is 7.05. The largest absolute Gasteiger partial charge is 0.378 e. The van der Waals surface area contributed by atoms with Gasteiger partial charge < -0.3 is 15.0 Å². The summed E-state index contributed by atoms with van der Waals surface area (Å²) in [7, 11) is 0. The number of rotatable bonds is 5. The molecule has 0 saturated carbocycles. The van der Waals surface area contributed by atoms with Crippen LogP contribution in [-0.2, 0) is 4.74 Å². The summed E-state index contributed by atoms with van der Waals surface area (Å²) in [6.45, 7) is 6.55. The van der Waals surface area contributed by atoms with Gasteiger partial charge in [0, 0.05) is 24.7 Å². The van der Waals surface area contributed by atoms with Gasteiger partial charge in [0.15, 0.2) is 0 Å². The van der Waals surface area contributed by atoms with Gasteiger partial charge in [-0.25, -0.2) is 9.07 Å². The number of amides is 1. The number of anilines is 2. The molecule has 3 rings (SSSR count). The lowest BCUT2D eigenvalue weighted by atomic mass is 10.1. The van der Waals surface area contributed by atoms with Gasteiger partial charge in [-0.05, 0) is 31.5 Å². The number of halogens is 1. The fourth-order valence-electron chi connectivity index (χ4n) is 2.83. The molecule has 1 atom stereocenters. The summed E-state index contributed by atoms with van der Waals surface area (Å²) in [5.74, 6) is -0.139. The molecule has 25 heavy (non-hydrogen) atoms. The average Bonchev–Trinajstić information content (AvgIpc) is 3.09. The lowest BCUT2D eigenvalue weighted by Crippen LogP contribution is -2.36. The first-order chi connectivity index (χ1) is 12.1. The maximum atomic E-state index is 14.5. The van der Waals surface area contributed by atoms with Crippen LogP contribution in [0.25, 0.3) is 0 Å². The highest BCUT2D eigenvalue weighted by Crippen LogP contribution is 2.23. The third-order valence-corrected chi connectivity index (χ3v) is 4.48. The van der Waals surface area contributed by atoms with Crippen molar-refractivity contribution in [3.05, 3.63) is 41.8 Å². The summed E-state index contributed by atoms with van der Waals surface area (Å²) in [6, 6.07) is 6.49. The van der Waals surface area contributed by atoms with E-state index in [1.807, 2.05) is 11.8 Å². The van der Waals surface area contributed by atoms with Gasteiger partial charge in [-0.1, -0.05) is 6.92 Å². The molecule has 0 bridgehead atoms. The zero-order valence-electron chi connectivity index (χ0n) is 14.5. The van der Waals surface area contributed by atoms with E-state index in [0.29, 0.717) is 37.8 Å². The molecule has 7 heteroatoms. The van der Waals surface area contributed by atoms with Gasteiger partial charge in [-0.2, -0.15) is 5.10 Å². The highest BCUT2D eigenvalue weighted by molar-refractivity contribution is 6.04. The van der Waals surface area contributed by atoms with Crippen molar-refractivity contribution in [2.24, 2.45) is 0 Å². The highest BCUT2D eigenvalue weighted by atomic mass is 19.1. The summed E-state index contributed by atoms with van der Waals surface area (Å²) >= 11 is 0. The number of hydrogen-bond acceptors (Lipinski definition) is 4. The Morgan fingerprint density at radius 2 is 2.12 bits per heavy atom. The van der Waals surface area contributed by atoms with Crippen LogP contribution in [0.1, 0.15) is 36.7 Å². The number of aromatic nitrogens is 2. The van der Waals surface area contributed by atoms with Crippen LogP contribution < -0.4 is 10.2 Å². The Bertz CT molecular complexity index is 740. The summed E-state index contributed by atoms with van der Waals surface area (Å²) in [4.78, 5) is 14.4. The second-order valence-corrected chi connectivity index (χ2v) is 6.14. The van der Waals surface area contributed by atoms with E-state index in [1.54, 1.807) is 29.1 Å². The smallest absolute Gasteiger partial charge is 0.256 e. The van der Waals surface area contributed by atoms with E-state index in [1.165, 1.54) is 6.07 Å². The first kappa shape index (κ1) is 17.4. The zero-order valence-corrected chi connectivity index (χ0v) is 14.5. The number of benzene rings is 1. The molecule has 1 aromatic carbocycles. The van der Waals surface area contributed by atoms with Crippen LogP contribution in [0.2, 0.25) is 0 Å². The number of ether oxygens (including phenoxy) is 1. The molecule has 0 spiro atoms. The summed E-state index contributed by atoms with van der Waals surface area (Å²) in [5.41, 5.74) is 0.788. The normalized spacial score (nSPS) is 15.9. The number of nitrogens with one attached hydrogen (secondary N) is 1. The third kappa shape index (κ3) is 3.82. The lowest BCUT2D eigenvalue weighted by Gasteiger charge is -2.29. The van der Waals surface area contributed by atoms with Crippen LogP contribution in [0.4, 0.5) is 15.9 Å². The fraction of sp³-hybridized carbons (Fsp3) is 0.444. The van der Waals surface area contributed by atoms with Crippen molar-refractivity contribution in [3.63, 3.8) is 0 Å². The van der Waals surface area contributed by atoms with Gasteiger partial charge in [0.05, 0.1) is 31.1 Å². The Hall–Kier alpha value is -2.41. The molecule has 1 N–H and O–H groups in total. The molecule has 6 nitrogen and oxygen atoms in total. The van der Waals surface area contributed by atoms with Crippen LogP contribution >= 0.6 is 0 Å². The van der Waals surface area contributed by atoms with E-state index in [0.717, 1.165) is 6.42 Å². The molecule has 1 unspecified atom stereocenters. The van der Waals surface area contributed by atoms with Gasteiger partial charge in [-0.3, -0.25) is 4.79 Å². The maximum Gasteiger partial charge on any atom is 0.256 e. The minimum atomic E-state index is -0.398. The van der Waals surface area contributed by atoms with E-state index in [-0.39, 0.29) is 17.5 Å². The molecule has 2 aromatic rings. The van der Waals surface area contributed by atoms with E-state index in [4.69, 9.17) is 4.74 Å². The first-order valence-electron chi connectivity index (χ1n) is 8.57. The first-order valence-corrected chi connectivity index (χ1v) is 8.57. The second-order valence-electron chi connectivity index (χ2n) is 6.14. The molecule has 1 amide bonds. The Morgan fingerprint density at radius 1 is 1.36 bits per heavy atom. The molecule has 0 aliphatic carbocycles. The molecule has 1 aromatic heterocycles. The third-order valence-electron chi connectivity index (χ3n) is 4.48. The Balaban J connectivity index is 1.74. The quantitative estimate of drug-likeness (QED) is 0.904. The van der Waals surface area contributed by atoms with E-state index in [2.05, 4.69) is 17.3 Å². The van der Waals surface area contributed by atoms with Crippen molar-refractivity contribution in [1.29, 1.82) is 0 Å². The van der Waals surface area contributed by atoms with Crippen LogP contribution in [0.3, 0.4) is 0 Å². The van der Waals surface area contributed by atoms with Crippen LogP contribution in [0.15, 0.2) is 30.5 Å². The van der Waals surface area contributed by atoms with Crippen LogP contribution in [-0.4, -0.2) is 42.0 Å². The molecule has 1 aliphatic rings. The molecular weight excluding hydrogens is 323 g/mol. The maximum absolute atomic E-state index is 14.5. The fourth-order valence-corrected chi connectivity index (χ4v) is 2.83. The molecule has 1 fully saturated rings. The van der Waals surface area contributed by atoms with E-state index >= 15 is 0 Å². The SMILES string of the molecule is CCC(C)n1nccc1NC(=O)c1ccc(N2CCOCC2)c(F)c1. The Kier molecular flexibility index (Phi) is 5.33. The predicted molar refractivity (Wildman–Crippen MR) is 94.6 cm³/mol. The minimum absolute atomic E-state index is 0.172. The molecule has 1 aliphatic heterocycles. The average molecular weight is 346 g/mol. The number of nitrogens with zero attached hydrogens (tertiary/aromatic N) is 3. The van der Waals surface area contributed by atoms with Gasteiger partial charge in [0.2, 0.25) is 0 Å². The number of carbonyl (C=O) groups excluding carboxylic acids is 1. The molecule has 0 radical (unpaired) electrons. The van der Waals surface area contributed by atoms with Gasteiger partial charge in [0.1, 0.15) is 11.6 Å². The summed E-state index contributed by atoms with van der Waals surface area (Å²) < 4.78 is 21.5. The lowest BCUT2D eigenvalue weighted by molar-refractivity contribution is 0.102. The Morgan fingerprint density at radius 3 is 2.80 bits per heavy atom. The van der Waals surface area contributed by atoms with Gasteiger partial charge in [0.25, 0.3) is 5.91 Å². The number of morpholine rings is 1. The molecule has 2 heterocycles. The monoisotopic (exact) mass is 346 g/mol. The van der Waals surface area contributed by atoms with Crippen molar-refractivity contribution in [2.75, 3.05) is 36.5 Å². The number of carbonyl (C=O) groups is 1. The molecule has 1 saturated heterocycles. The van der Waals surface area contributed by atoms with Gasteiger partial charge in [-0.15, -0.1) is 0 Å². The Labute approximate surface area is 146 Å². The topological polar surface area (TPSA) is 59.4 Å². The highest BCUT2D eigenvalue weighted by Gasteiger charge is 2.18. The van der Waals surface area contributed by atoms with Crippen molar-refractivity contribution < 1.29 is 13.9 Å². The van der Waals surface area contributed by atoms with Crippen LogP contribution in [0.5, 0.6) is 0 Å². The van der Waals surface area contributed by atoms with Crippen LogP contribution in [0, 0.1) is 5.82 Å². The van der Waals surface area contributed by atoms with E-state index < -0.39 is 5.82 Å². The van der Waals surface area contributed by atoms with Crippen molar-refractivity contribution >= 4 is 17.4 Å². The van der Waals surface area contributed by atoms with Crippen molar-refractivity contribution in [1.82, 2.24) is 9.78 Å². The minimum Gasteiger partial charge on any atom is -0.378 e. The number of hydrogen-bond donors (Lipinski definition) is 1. The van der Waals surface area contributed by atoms with Crippen molar-refractivity contribution in [2.45, 2.75) is 26.3 Å². The second kappa shape index (κ2) is 7.65. The zero-order chi connectivity index (χ0) is 17.8. The predicted octanol–water partition coefficient (Wildman–Crippen LogP) is 3.08. The standard InChI is InChI=1S/C18H23FN4O2/c1-3-13(2)23-17(6-7-20-23)21-18(24)14-4-5-16(15(19)12-14)22-8-10-25-11-9-22/h4-7,12-13H,3,8-11H2,1-2H3,(H,21,24).